The minimum atomic E-state index is -0.501. The molecule has 1 aromatic heterocycles. The van der Waals surface area contributed by atoms with Crippen molar-refractivity contribution in [2.45, 2.75) is 12.8 Å². The summed E-state index contributed by atoms with van der Waals surface area (Å²) in [5, 5.41) is 7.02. The Bertz CT molecular complexity index is 983. The molecule has 1 saturated heterocycles. The quantitative estimate of drug-likeness (QED) is 0.494. The van der Waals surface area contributed by atoms with Gasteiger partial charge in [-0.1, -0.05) is 6.07 Å². The molecule has 0 spiro atoms. The number of methoxy groups -OCH3 is 3. The number of benzene rings is 1. The summed E-state index contributed by atoms with van der Waals surface area (Å²) >= 11 is 5.53. The minimum Gasteiger partial charge on any atom is -0.493 e. The van der Waals surface area contributed by atoms with Crippen LogP contribution >= 0.6 is 12.2 Å². The molecule has 2 aromatic rings. The first-order chi connectivity index (χ1) is 15.5. The lowest BCUT2D eigenvalue weighted by Crippen LogP contribution is -2.49. The molecular weight excluding hydrogens is 432 g/mol. The molecule has 32 heavy (non-hydrogen) atoms. The van der Waals surface area contributed by atoms with E-state index in [9.17, 15) is 9.59 Å². The van der Waals surface area contributed by atoms with Gasteiger partial charge in [0, 0.05) is 25.8 Å². The summed E-state index contributed by atoms with van der Waals surface area (Å²) < 4.78 is 15.3. The summed E-state index contributed by atoms with van der Waals surface area (Å²) in [5.74, 6) is 0.580. The topological polar surface area (TPSA) is 93.2 Å². The summed E-state index contributed by atoms with van der Waals surface area (Å²) in [6.07, 6.45) is 2.85. The van der Waals surface area contributed by atoms with Crippen LogP contribution in [0.5, 0.6) is 11.5 Å². The highest BCUT2D eigenvalue weighted by atomic mass is 32.1. The zero-order valence-electron chi connectivity index (χ0n) is 18.3. The molecule has 1 N–H and O–H groups in total. The van der Waals surface area contributed by atoms with Gasteiger partial charge in [0.2, 0.25) is 0 Å². The van der Waals surface area contributed by atoms with Crippen molar-refractivity contribution in [1.82, 2.24) is 20.3 Å². The van der Waals surface area contributed by atoms with Crippen molar-refractivity contribution in [3.05, 3.63) is 53.3 Å². The number of nitrogens with zero attached hydrogens (tertiary/aromatic N) is 3. The Morgan fingerprint density at radius 2 is 1.81 bits per heavy atom. The molecule has 170 valence electrons. The number of esters is 1. The van der Waals surface area contributed by atoms with E-state index in [0.717, 1.165) is 18.4 Å². The van der Waals surface area contributed by atoms with E-state index in [1.54, 1.807) is 24.2 Å². The molecule has 0 aliphatic carbocycles. The number of ether oxygens (including phenoxy) is 3. The maximum absolute atomic E-state index is 12.9. The standard InChI is InChI=1S/C22H26N4O5S/c1-29-18-8-5-15(13-19(18)30-2)9-10-23-22(32)26-12-4-11-25(26)20(27)17-7-6-16(14-24-17)21(28)31-3/h5-8,13-14H,4,9-12H2,1-3H3,(H,23,32). The monoisotopic (exact) mass is 458 g/mol. The summed E-state index contributed by atoms with van der Waals surface area (Å²) in [6.45, 7) is 1.77. The third-order valence-electron chi connectivity index (χ3n) is 5.04. The SMILES string of the molecule is COC(=O)c1ccc(C(=O)N2CCCN2C(=S)NCCc2ccc(OC)c(OC)c2)nc1. The van der Waals surface area contributed by atoms with Gasteiger partial charge < -0.3 is 19.5 Å². The lowest BCUT2D eigenvalue weighted by atomic mass is 10.1. The number of hydrazine groups is 1. The Morgan fingerprint density at radius 1 is 1.06 bits per heavy atom. The number of amides is 1. The van der Waals surface area contributed by atoms with Crippen molar-refractivity contribution in [3.8, 4) is 11.5 Å². The third kappa shape index (κ3) is 5.25. The Hall–Kier alpha value is -3.40. The van der Waals surface area contributed by atoms with Crippen molar-refractivity contribution in [1.29, 1.82) is 0 Å². The predicted molar refractivity (Wildman–Crippen MR) is 122 cm³/mol. The highest BCUT2D eigenvalue weighted by molar-refractivity contribution is 7.80. The van der Waals surface area contributed by atoms with Crippen LogP contribution in [0.2, 0.25) is 0 Å². The molecule has 1 fully saturated rings. The molecule has 0 saturated carbocycles. The predicted octanol–water partition coefficient (Wildman–Crippen LogP) is 2.07. The zero-order chi connectivity index (χ0) is 23.1. The highest BCUT2D eigenvalue weighted by Gasteiger charge is 2.30. The molecule has 1 aliphatic rings. The van der Waals surface area contributed by atoms with Crippen LogP contribution in [-0.4, -0.2) is 73.0 Å². The van der Waals surface area contributed by atoms with Crippen LogP contribution in [0, 0.1) is 0 Å². The van der Waals surface area contributed by atoms with Gasteiger partial charge in [0.15, 0.2) is 16.6 Å². The van der Waals surface area contributed by atoms with Gasteiger partial charge in [0.1, 0.15) is 5.69 Å². The van der Waals surface area contributed by atoms with E-state index in [0.29, 0.717) is 36.2 Å². The summed E-state index contributed by atoms with van der Waals surface area (Å²) in [4.78, 5) is 28.6. The van der Waals surface area contributed by atoms with E-state index < -0.39 is 5.97 Å². The second kappa shape index (κ2) is 10.8. The van der Waals surface area contributed by atoms with E-state index >= 15 is 0 Å². The van der Waals surface area contributed by atoms with E-state index in [1.807, 2.05) is 18.2 Å². The van der Waals surface area contributed by atoms with Gasteiger partial charge in [-0.15, -0.1) is 0 Å². The third-order valence-corrected chi connectivity index (χ3v) is 5.40. The van der Waals surface area contributed by atoms with Crippen molar-refractivity contribution in [2.24, 2.45) is 0 Å². The fourth-order valence-corrected chi connectivity index (χ4v) is 3.66. The van der Waals surface area contributed by atoms with Crippen molar-refractivity contribution >= 4 is 29.2 Å². The number of rotatable bonds is 7. The summed E-state index contributed by atoms with van der Waals surface area (Å²) in [6, 6.07) is 8.80. The van der Waals surface area contributed by atoms with Gasteiger partial charge in [0.05, 0.1) is 26.9 Å². The van der Waals surface area contributed by atoms with Gasteiger partial charge in [-0.05, 0) is 54.9 Å². The second-order valence-electron chi connectivity index (χ2n) is 7.00. The molecule has 0 bridgehead atoms. The number of aromatic nitrogens is 1. The fourth-order valence-electron chi connectivity index (χ4n) is 3.37. The molecule has 1 aliphatic heterocycles. The Kier molecular flexibility index (Phi) is 7.82. The maximum Gasteiger partial charge on any atom is 0.339 e. The number of nitrogens with one attached hydrogen (secondary N) is 1. The molecule has 2 heterocycles. The summed E-state index contributed by atoms with van der Waals surface area (Å²) in [5.41, 5.74) is 1.59. The lowest BCUT2D eigenvalue weighted by molar-refractivity contribution is 0.0484. The average Bonchev–Trinajstić information content (AvgIpc) is 3.33. The van der Waals surface area contributed by atoms with Crippen LogP contribution in [0.3, 0.4) is 0 Å². The largest absolute Gasteiger partial charge is 0.493 e. The van der Waals surface area contributed by atoms with Gasteiger partial charge >= 0.3 is 5.97 Å². The van der Waals surface area contributed by atoms with Crippen molar-refractivity contribution in [2.75, 3.05) is 41.0 Å². The molecule has 0 atom stereocenters. The van der Waals surface area contributed by atoms with Crippen LogP contribution in [0.1, 0.15) is 32.8 Å². The Morgan fingerprint density at radius 3 is 2.47 bits per heavy atom. The molecule has 10 heteroatoms. The number of hydrogen-bond acceptors (Lipinski definition) is 7. The fraction of sp³-hybridized carbons (Fsp3) is 0.364. The first-order valence-electron chi connectivity index (χ1n) is 10.1. The number of thiocarbonyl (C=S) groups is 1. The van der Waals surface area contributed by atoms with Gasteiger partial charge in [-0.25, -0.2) is 9.80 Å². The molecule has 0 radical (unpaired) electrons. The van der Waals surface area contributed by atoms with Gasteiger partial charge in [-0.3, -0.25) is 14.8 Å². The van der Waals surface area contributed by atoms with Crippen LogP contribution in [0.25, 0.3) is 0 Å². The first-order valence-corrected chi connectivity index (χ1v) is 10.5. The van der Waals surface area contributed by atoms with Crippen molar-refractivity contribution < 1.29 is 23.8 Å². The second-order valence-corrected chi connectivity index (χ2v) is 7.39. The number of carbonyl (C=O) groups excluding carboxylic acids is 2. The number of carbonyl (C=O) groups is 2. The normalized spacial score (nSPS) is 13.0. The Labute approximate surface area is 192 Å². The van der Waals surface area contributed by atoms with E-state index in [2.05, 4.69) is 15.0 Å². The highest BCUT2D eigenvalue weighted by Crippen LogP contribution is 2.27. The number of hydrogen-bond donors (Lipinski definition) is 1. The smallest absolute Gasteiger partial charge is 0.339 e. The molecule has 9 nitrogen and oxygen atoms in total. The molecule has 0 unspecified atom stereocenters. The molecule has 3 rings (SSSR count). The van der Waals surface area contributed by atoms with Crippen molar-refractivity contribution in [3.63, 3.8) is 0 Å². The van der Waals surface area contributed by atoms with Gasteiger partial charge in [-0.2, -0.15) is 0 Å². The van der Waals surface area contributed by atoms with E-state index in [1.165, 1.54) is 25.4 Å². The summed E-state index contributed by atoms with van der Waals surface area (Å²) in [7, 11) is 4.50. The Balaban J connectivity index is 1.58. The molecule has 1 amide bonds. The zero-order valence-corrected chi connectivity index (χ0v) is 19.1. The van der Waals surface area contributed by atoms with E-state index in [4.69, 9.17) is 21.7 Å². The van der Waals surface area contributed by atoms with E-state index in [-0.39, 0.29) is 17.2 Å². The van der Waals surface area contributed by atoms with Crippen LogP contribution in [0.4, 0.5) is 0 Å². The van der Waals surface area contributed by atoms with Crippen LogP contribution in [-0.2, 0) is 11.2 Å². The number of pyridine rings is 1. The first kappa shape index (κ1) is 23.3. The minimum absolute atomic E-state index is 0.234. The lowest BCUT2D eigenvalue weighted by Gasteiger charge is -2.30. The average molecular weight is 459 g/mol. The van der Waals surface area contributed by atoms with Crippen LogP contribution < -0.4 is 14.8 Å². The maximum atomic E-state index is 12.9. The van der Waals surface area contributed by atoms with Gasteiger partial charge in [0.25, 0.3) is 5.91 Å². The molecular formula is C22H26N4O5S. The molecule has 1 aromatic carbocycles. The van der Waals surface area contributed by atoms with Crippen LogP contribution in [0.15, 0.2) is 36.5 Å².